The Bertz CT molecular complexity index is 315. The van der Waals surface area contributed by atoms with Crippen molar-refractivity contribution in [2.75, 3.05) is 7.05 Å². The molecule has 1 atom stereocenters. The number of hydrogen-bond donors (Lipinski definition) is 1. The van der Waals surface area contributed by atoms with Gasteiger partial charge >= 0.3 is 0 Å². The Morgan fingerprint density at radius 1 is 1.50 bits per heavy atom. The van der Waals surface area contributed by atoms with E-state index in [0.717, 1.165) is 12.3 Å². The van der Waals surface area contributed by atoms with E-state index in [9.17, 15) is 0 Å². The predicted molar refractivity (Wildman–Crippen MR) is 70.0 cm³/mol. The topological polar surface area (TPSA) is 24.9 Å². The third-order valence-corrected chi connectivity index (χ3v) is 4.45. The van der Waals surface area contributed by atoms with Gasteiger partial charge in [-0.05, 0) is 26.3 Å². The van der Waals surface area contributed by atoms with E-state index in [1.807, 2.05) is 0 Å². The molecule has 0 bridgehead atoms. The summed E-state index contributed by atoms with van der Waals surface area (Å²) in [7, 11) is 2.08. The lowest BCUT2D eigenvalue weighted by atomic mass is 9.96. The molecule has 3 heteroatoms. The van der Waals surface area contributed by atoms with Crippen LogP contribution in [0, 0.1) is 12.8 Å². The summed E-state index contributed by atoms with van der Waals surface area (Å²) in [5.41, 5.74) is 1.26. The summed E-state index contributed by atoms with van der Waals surface area (Å²) in [4.78, 5) is 4.55. The molecule has 16 heavy (non-hydrogen) atoms. The molecule has 0 saturated heterocycles. The van der Waals surface area contributed by atoms with Crippen molar-refractivity contribution in [3.8, 4) is 0 Å². The highest BCUT2D eigenvalue weighted by Gasteiger charge is 2.19. The quantitative estimate of drug-likeness (QED) is 0.852. The molecule has 1 saturated carbocycles. The summed E-state index contributed by atoms with van der Waals surface area (Å²) in [5.74, 6) is 0.956. The molecule has 1 fully saturated rings. The van der Waals surface area contributed by atoms with E-state index in [1.54, 1.807) is 11.3 Å². The van der Waals surface area contributed by atoms with E-state index in [4.69, 9.17) is 0 Å². The Hall–Kier alpha value is -0.410. The molecule has 90 valence electrons. The van der Waals surface area contributed by atoms with Crippen LogP contribution >= 0.6 is 11.3 Å². The molecule has 1 heterocycles. The number of hydrogen-bond acceptors (Lipinski definition) is 3. The minimum atomic E-state index is 0.615. The molecule has 2 rings (SSSR count). The van der Waals surface area contributed by atoms with Crippen LogP contribution in [0.5, 0.6) is 0 Å². The first kappa shape index (κ1) is 12.1. The number of rotatable bonds is 5. The second kappa shape index (κ2) is 5.78. The van der Waals surface area contributed by atoms with Gasteiger partial charge in [0.15, 0.2) is 0 Å². The van der Waals surface area contributed by atoms with Crippen LogP contribution in [0.3, 0.4) is 0 Å². The Balaban J connectivity index is 1.84. The SMILES string of the molecule is CNC(Cc1csc(C)n1)CC1CCCC1. The number of aromatic nitrogens is 1. The molecule has 0 spiro atoms. The molecule has 0 aromatic carbocycles. The predicted octanol–water partition coefficient (Wildman–Crippen LogP) is 3.16. The molecule has 1 unspecified atom stereocenters. The van der Waals surface area contributed by atoms with Gasteiger partial charge in [0.2, 0.25) is 0 Å². The van der Waals surface area contributed by atoms with Gasteiger partial charge < -0.3 is 5.32 Å². The molecule has 1 aromatic rings. The number of thiazole rings is 1. The second-order valence-corrected chi connectivity index (χ2v) is 6.00. The zero-order chi connectivity index (χ0) is 11.4. The van der Waals surface area contributed by atoms with E-state index in [1.165, 1.54) is 42.8 Å². The van der Waals surface area contributed by atoms with Crippen molar-refractivity contribution < 1.29 is 0 Å². The van der Waals surface area contributed by atoms with Crippen LogP contribution in [0.1, 0.15) is 42.8 Å². The normalized spacial score (nSPS) is 19.1. The van der Waals surface area contributed by atoms with Gasteiger partial charge in [-0.1, -0.05) is 25.7 Å². The fourth-order valence-corrected chi connectivity index (χ4v) is 3.33. The standard InChI is InChI=1S/C13H22N2S/c1-10-15-13(9-16-10)8-12(14-2)7-11-5-3-4-6-11/h9,11-12,14H,3-8H2,1-2H3. The van der Waals surface area contributed by atoms with Crippen LogP contribution in [0.4, 0.5) is 0 Å². The van der Waals surface area contributed by atoms with Crippen LogP contribution in [0.15, 0.2) is 5.38 Å². The van der Waals surface area contributed by atoms with Gasteiger partial charge in [0.1, 0.15) is 0 Å². The summed E-state index contributed by atoms with van der Waals surface area (Å²) >= 11 is 1.76. The summed E-state index contributed by atoms with van der Waals surface area (Å²) in [6.07, 6.45) is 8.18. The van der Waals surface area contributed by atoms with Crippen molar-refractivity contribution in [1.29, 1.82) is 0 Å². The highest BCUT2D eigenvalue weighted by Crippen LogP contribution is 2.29. The lowest BCUT2D eigenvalue weighted by Crippen LogP contribution is -2.29. The van der Waals surface area contributed by atoms with Gasteiger partial charge in [-0.2, -0.15) is 0 Å². The van der Waals surface area contributed by atoms with Crippen LogP contribution in [-0.4, -0.2) is 18.1 Å². The summed E-state index contributed by atoms with van der Waals surface area (Å²) in [6, 6.07) is 0.615. The zero-order valence-corrected chi connectivity index (χ0v) is 11.1. The molecule has 0 aliphatic heterocycles. The Kier molecular flexibility index (Phi) is 4.36. The minimum Gasteiger partial charge on any atom is -0.317 e. The average molecular weight is 238 g/mol. The monoisotopic (exact) mass is 238 g/mol. The van der Waals surface area contributed by atoms with Crippen molar-refractivity contribution in [3.05, 3.63) is 16.1 Å². The highest BCUT2D eigenvalue weighted by molar-refractivity contribution is 7.09. The smallest absolute Gasteiger partial charge is 0.0897 e. The van der Waals surface area contributed by atoms with Gasteiger partial charge in [0.25, 0.3) is 0 Å². The molecule has 1 aliphatic carbocycles. The maximum Gasteiger partial charge on any atom is 0.0897 e. The third-order valence-electron chi connectivity index (χ3n) is 3.62. The van der Waals surface area contributed by atoms with Crippen LogP contribution in [0.2, 0.25) is 0 Å². The fourth-order valence-electron chi connectivity index (χ4n) is 2.71. The van der Waals surface area contributed by atoms with E-state index < -0.39 is 0 Å². The summed E-state index contributed by atoms with van der Waals surface area (Å²) < 4.78 is 0. The van der Waals surface area contributed by atoms with Crippen LogP contribution in [0.25, 0.3) is 0 Å². The van der Waals surface area contributed by atoms with Gasteiger partial charge in [0.05, 0.1) is 10.7 Å². The largest absolute Gasteiger partial charge is 0.317 e. The lowest BCUT2D eigenvalue weighted by Gasteiger charge is -2.19. The Morgan fingerprint density at radius 3 is 2.81 bits per heavy atom. The highest BCUT2D eigenvalue weighted by atomic mass is 32.1. The van der Waals surface area contributed by atoms with Crippen molar-refractivity contribution in [1.82, 2.24) is 10.3 Å². The van der Waals surface area contributed by atoms with Crippen LogP contribution < -0.4 is 5.32 Å². The van der Waals surface area contributed by atoms with E-state index in [2.05, 4.69) is 29.7 Å². The first-order valence-corrected chi connectivity index (χ1v) is 7.24. The van der Waals surface area contributed by atoms with E-state index >= 15 is 0 Å². The van der Waals surface area contributed by atoms with Crippen molar-refractivity contribution in [3.63, 3.8) is 0 Å². The van der Waals surface area contributed by atoms with Gasteiger partial charge in [-0.25, -0.2) is 4.98 Å². The lowest BCUT2D eigenvalue weighted by molar-refractivity contribution is 0.401. The number of nitrogens with one attached hydrogen (secondary N) is 1. The third kappa shape index (κ3) is 3.29. The summed E-state index contributed by atoms with van der Waals surface area (Å²) in [5, 5.41) is 6.84. The average Bonchev–Trinajstić information content (AvgIpc) is 2.89. The minimum absolute atomic E-state index is 0.615. The van der Waals surface area contributed by atoms with E-state index in [0.29, 0.717) is 6.04 Å². The maximum atomic E-state index is 4.55. The molecule has 1 N–H and O–H groups in total. The molecule has 1 aliphatic rings. The number of likely N-dealkylation sites (N-methyl/N-ethyl adjacent to an activating group) is 1. The zero-order valence-electron chi connectivity index (χ0n) is 10.3. The Labute approximate surface area is 102 Å². The number of nitrogens with zero attached hydrogens (tertiary/aromatic N) is 1. The molecular formula is C13H22N2S. The molecular weight excluding hydrogens is 216 g/mol. The van der Waals surface area contributed by atoms with Gasteiger partial charge in [-0.15, -0.1) is 11.3 Å². The maximum absolute atomic E-state index is 4.55. The van der Waals surface area contributed by atoms with E-state index in [-0.39, 0.29) is 0 Å². The van der Waals surface area contributed by atoms with Gasteiger partial charge in [-0.3, -0.25) is 0 Å². The van der Waals surface area contributed by atoms with Crippen molar-refractivity contribution in [2.24, 2.45) is 5.92 Å². The first-order chi connectivity index (χ1) is 7.78. The van der Waals surface area contributed by atoms with Crippen LogP contribution in [-0.2, 0) is 6.42 Å². The van der Waals surface area contributed by atoms with Gasteiger partial charge in [0, 0.05) is 17.8 Å². The molecule has 1 aromatic heterocycles. The Morgan fingerprint density at radius 2 is 2.25 bits per heavy atom. The fraction of sp³-hybridized carbons (Fsp3) is 0.769. The molecule has 0 radical (unpaired) electrons. The first-order valence-electron chi connectivity index (χ1n) is 6.36. The van der Waals surface area contributed by atoms with Crippen molar-refractivity contribution >= 4 is 11.3 Å². The van der Waals surface area contributed by atoms with Crippen molar-refractivity contribution in [2.45, 2.75) is 51.5 Å². The molecule has 0 amide bonds. The second-order valence-electron chi connectivity index (χ2n) is 4.93. The summed E-state index contributed by atoms with van der Waals surface area (Å²) in [6.45, 7) is 2.08. The molecule has 2 nitrogen and oxygen atoms in total. The number of aryl methyl sites for hydroxylation is 1.